The Morgan fingerprint density at radius 2 is 0.737 bits per heavy atom. The van der Waals surface area contributed by atoms with Gasteiger partial charge in [-0.05, 0) is 27.7 Å². The molecular weight excluding hydrogens is 240 g/mol. The van der Waals surface area contributed by atoms with Crippen LogP contribution in [-0.2, 0) is 4.74 Å². The van der Waals surface area contributed by atoms with Gasteiger partial charge >= 0.3 is 0 Å². The number of hydrogen-bond acceptors (Lipinski definition) is 3. The Morgan fingerprint density at radius 1 is 0.684 bits per heavy atom. The number of aliphatic hydroxyl groups is 2. The van der Waals surface area contributed by atoms with Crippen LogP contribution in [0.4, 0.5) is 0 Å². The number of hydrogen-bond donors (Lipinski definition) is 2. The predicted molar refractivity (Wildman–Crippen MR) is 90.6 cm³/mol. The van der Waals surface area contributed by atoms with E-state index in [2.05, 4.69) is 31.1 Å². The van der Waals surface area contributed by atoms with E-state index in [0.29, 0.717) is 0 Å². The molecule has 0 heterocycles. The minimum atomic E-state index is -0.125. The molecule has 0 saturated heterocycles. The fourth-order valence-corrected chi connectivity index (χ4v) is 0. The second-order valence-electron chi connectivity index (χ2n) is 2.49. The highest BCUT2D eigenvalue weighted by Crippen LogP contribution is 1.40. The molecule has 0 aromatic rings. The fourth-order valence-electron chi connectivity index (χ4n) is 0. The standard InChI is InChI=1S/4C3H6.C2H6O2.C2H6O/c4*1-3-2;3-1-2-4;1-3-2/h4*3H,1H2,2H3;3-4H,1-2H2;1-2H3. The number of aliphatic hydroxyl groups excluding tert-OH is 2. The van der Waals surface area contributed by atoms with Gasteiger partial charge in [-0.2, -0.15) is 0 Å². The lowest BCUT2D eigenvalue weighted by Crippen LogP contribution is -1.85. The lowest BCUT2D eigenvalue weighted by Gasteiger charge is -1.70. The Bertz CT molecular complexity index is 95.2. The van der Waals surface area contributed by atoms with E-state index in [1.165, 1.54) is 0 Å². The maximum Gasteiger partial charge on any atom is 0.0662 e. The largest absolute Gasteiger partial charge is 0.394 e. The second-order valence-corrected chi connectivity index (χ2v) is 2.49. The SMILES string of the molecule is C=CC.C=CC.C=CC.C=CC.COC.OCCO. The van der Waals surface area contributed by atoms with Crippen LogP contribution in [0.1, 0.15) is 27.7 Å². The summed E-state index contributed by atoms with van der Waals surface area (Å²) in [6, 6.07) is 0. The molecule has 2 N–H and O–H groups in total. The molecule has 0 aromatic carbocycles. The van der Waals surface area contributed by atoms with Crippen LogP contribution in [-0.4, -0.2) is 37.6 Å². The molecule has 0 aliphatic carbocycles. The molecule has 0 atom stereocenters. The summed E-state index contributed by atoms with van der Waals surface area (Å²) in [5.41, 5.74) is 0. The second kappa shape index (κ2) is 124. The summed E-state index contributed by atoms with van der Waals surface area (Å²) in [4.78, 5) is 0. The van der Waals surface area contributed by atoms with Crippen LogP contribution < -0.4 is 0 Å². The van der Waals surface area contributed by atoms with Gasteiger partial charge in [-0.1, -0.05) is 24.3 Å². The van der Waals surface area contributed by atoms with E-state index in [-0.39, 0.29) is 13.2 Å². The molecule has 0 amide bonds. The lowest BCUT2D eigenvalue weighted by atomic mass is 10.8. The van der Waals surface area contributed by atoms with E-state index in [1.54, 1.807) is 38.5 Å². The van der Waals surface area contributed by atoms with Crippen molar-refractivity contribution in [3.05, 3.63) is 50.6 Å². The number of allylic oxidation sites excluding steroid dienone is 4. The van der Waals surface area contributed by atoms with Gasteiger partial charge in [-0.25, -0.2) is 0 Å². The fraction of sp³-hybridized carbons (Fsp3) is 0.500. The van der Waals surface area contributed by atoms with Gasteiger partial charge in [-0.3, -0.25) is 0 Å². The molecule has 0 unspecified atom stereocenters. The molecule has 0 aliphatic heterocycles. The zero-order valence-electron chi connectivity index (χ0n) is 13.9. The Hall–Kier alpha value is -1.16. The normalized spacial score (nSPS) is 5.26. The van der Waals surface area contributed by atoms with Gasteiger partial charge in [0.1, 0.15) is 0 Å². The van der Waals surface area contributed by atoms with Gasteiger partial charge in [0.2, 0.25) is 0 Å². The van der Waals surface area contributed by atoms with Crippen molar-refractivity contribution in [1.29, 1.82) is 0 Å². The average Bonchev–Trinajstić information content (AvgIpc) is 2.34. The molecule has 0 aromatic heterocycles. The van der Waals surface area contributed by atoms with E-state index in [1.807, 2.05) is 27.7 Å². The summed E-state index contributed by atoms with van der Waals surface area (Å²) in [6.07, 6.45) is 7.00. The highest BCUT2D eigenvalue weighted by Gasteiger charge is 1.58. The Labute approximate surface area is 121 Å². The third kappa shape index (κ3) is 145000. The molecule has 3 nitrogen and oxygen atoms in total. The average molecular weight is 276 g/mol. The van der Waals surface area contributed by atoms with Gasteiger partial charge < -0.3 is 14.9 Å². The Morgan fingerprint density at radius 3 is 0.737 bits per heavy atom. The number of rotatable bonds is 1. The van der Waals surface area contributed by atoms with Crippen LogP contribution in [0.15, 0.2) is 50.6 Å². The third-order valence-corrected chi connectivity index (χ3v) is 0.1000. The van der Waals surface area contributed by atoms with E-state index in [4.69, 9.17) is 10.2 Å². The first-order valence-electron chi connectivity index (χ1n) is 5.89. The van der Waals surface area contributed by atoms with Gasteiger partial charge in [0.25, 0.3) is 0 Å². The van der Waals surface area contributed by atoms with E-state index < -0.39 is 0 Å². The van der Waals surface area contributed by atoms with Crippen molar-refractivity contribution in [2.24, 2.45) is 0 Å². The first kappa shape index (κ1) is 36.1. The van der Waals surface area contributed by atoms with Crippen molar-refractivity contribution in [2.45, 2.75) is 27.7 Å². The molecule has 0 spiro atoms. The molecular formula is C16H36O3. The van der Waals surface area contributed by atoms with E-state index >= 15 is 0 Å². The van der Waals surface area contributed by atoms with Crippen molar-refractivity contribution in [3.63, 3.8) is 0 Å². The van der Waals surface area contributed by atoms with Crippen LogP contribution in [0.3, 0.4) is 0 Å². The predicted octanol–water partition coefficient (Wildman–Crippen LogP) is 4.00. The molecule has 0 saturated carbocycles. The number of ether oxygens (including phenoxy) is 1. The van der Waals surface area contributed by atoms with Crippen molar-refractivity contribution in [2.75, 3.05) is 27.4 Å². The summed E-state index contributed by atoms with van der Waals surface area (Å²) in [5.74, 6) is 0. The summed E-state index contributed by atoms with van der Waals surface area (Å²) < 4.78 is 4.25. The first-order chi connectivity index (χ1) is 8.99. The molecule has 0 fully saturated rings. The first-order valence-corrected chi connectivity index (χ1v) is 5.89. The van der Waals surface area contributed by atoms with Crippen molar-refractivity contribution in [3.8, 4) is 0 Å². The topological polar surface area (TPSA) is 49.7 Å². The molecule has 118 valence electrons. The zero-order valence-corrected chi connectivity index (χ0v) is 13.9. The van der Waals surface area contributed by atoms with Crippen molar-refractivity contribution < 1.29 is 14.9 Å². The minimum Gasteiger partial charge on any atom is -0.394 e. The van der Waals surface area contributed by atoms with Crippen LogP contribution in [0.5, 0.6) is 0 Å². The third-order valence-electron chi connectivity index (χ3n) is 0.1000. The van der Waals surface area contributed by atoms with Crippen molar-refractivity contribution in [1.82, 2.24) is 0 Å². The smallest absolute Gasteiger partial charge is 0.0662 e. The summed E-state index contributed by atoms with van der Waals surface area (Å²) >= 11 is 0. The Balaban J connectivity index is -0.0000000268. The maximum absolute atomic E-state index is 7.62. The molecule has 3 heteroatoms. The van der Waals surface area contributed by atoms with Crippen molar-refractivity contribution >= 4 is 0 Å². The zero-order chi connectivity index (χ0) is 16.9. The summed E-state index contributed by atoms with van der Waals surface area (Å²) in [7, 11) is 3.25. The molecule has 19 heavy (non-hydrogen) atoms. The molecule has 0 aliphatic rings. The van der Waals surface area contributed by atoms with Crippen LogP contribution >= 0.6 is 0 Å². The van der Waals surface area contributed by atoms with Gasteiger partial charge in [0.05, 0.1) is 13.2 Å². The molecule has 0 bridgehead atoms. The van der Waals surface area contributed by atoms with Gasteiger partial charge in [-0.15, -0.1) is 26.3 Å². The minimum absolute atomic E-state index is 0.125. The monoisotopic (exact) mass is 276 g/mol. The Kier molecular flexibility index (Phi) is 235. The highest BCUT2D eigenvalue weighted by atomic mass is 16.4. The highest BCUT2D eigenvalue weighted by molar-refractivity contribution is 4.52. The van der Waals surface area contributed by atoms with Crippen LogP contribution in [0, 0.1) is 0 Å². The van der Waals surface area contributed by atoms with Gasteiger partial charge in [0, 0.05) is 14.2 Å². The van der Waals surface area contributed by atoms with Gasteiger partial charge in [0.15, 0.2) is 0 Å². The van der Waals surface area contributed by atoms with E-state index in [9.17, 15) is 0 Å². The maximum atomic E-state index is 7.62. The van der Waals surface area contributed by atoms with Crippen LogP contribution in [0.25, 0.3) is 0 Å². The van der Waals surface area contributed by atoms with Crippen LogP contribution in [0.2, 0.25) is 0 Å². The lowest BCUT2D eigenvalue weighted by molar-refractivity contribution is 0.186. The molecule has 0 rings (SSSR count). The van der Waals surface area contributed by atoms with E-state index in [0.717, 1.165) is 0 Å². The number of methoxy groups -OCH3 is 1. The molecule has 0 radical (unpaired) electrons. The summed E-state index contributed by atoms with van der Waals surface area (Å²) in [6.45, 7) is 20.8. The quantitative estimate of drug-likeness (QED) is 0.712. The summed E-state index contributed by atoms with van der Waals surface area (Å²) in [5, 5.41) is 15.2.